The quantitative estimate of drug-likeness (QED) is 0.0524. The summed E-state index contributed by atoms with van der Waals surface area (Å²) in [7, 11) is -17.1. The predicted octanol–water partition coefficient (Wildman–Crippen LogP) is 18.7. The molecule has 91 heavy (non-hydrogen) atoms. The molecule has 24 heteroatoms. The van der Waals surface area contributed by atoms with E-state index >= 15 is 70.2 Å². The minimum absolute atomic E-state index is 0.497. The summed E-state index contributed by atoms with van der Waals surface area (Å²) < 4.78 is 275. The van der Waals surface area contributed by atoms with Crippen molar-refractivity contribution >= 4 is 60.4 Å². The van der Waals surface area contributed by atoms with Crippen molar-refractivity contribution in [1.29, 1.82) is 0 Å². The second-order valence-electron chi connectivity index (χ2n) is 29.6. The Kier molecular flexibility index (Phi) is 19.1. The van der Waals surface area contributed by atoms with Gasteiger partial charge in [-0.3, -0.25) is 0 Å². The van der Waals surface area contributed by atoms with Crippen molar-refractivity contribution in [1.82, 2.24) is 0 Å². The van der Waals surface area contributed by atoms with Gasteiger partial charge >= 0.3 is 7.32 Å². The summed E-state index contributed by atoms with van der Waals surface area (Å²) in [5.74, 6) is -30.5. The number of rotatable bonds is 13. The molecule has 490 valence electrons. The molecule has 7 rings (SSSR count). The van der Waals surface area contributed by atoms with Crippen molar-refractivity contribution in [3.63, 3.8) is 0 Å². The van der Waals surface area contributed by atoms with Crippen molar-refractivity contribution in [3.8, 4) is 44.5 Å². The first-order valence-corrected chi connectivity index (χ1v) is 41.1. The maximum absolute atomic E-state index is 17.5. The Bertz CT molecular complexity index is 3820. The standard InChI is InChI=1S/C67H73BF16O3Si4/c1-63(2,3)88(13,14)59-51(77)43(69)39(44(70)52(59)78)32-21-25-34(26-22-32)67(87-68(85)86,35-27-23-33(24-28-35)40-45(71)53(79)60(54(80)46(40)72)89(15,16)64(4,5)6)36-29-30-37(41-47(73)55(81)61(56(82)48(41)74)90(17,18)65(7,8)9)38(31-36)42-49(75)57(83)62(58(84)50(42)76)91(19,20)66(10,11)12/h21-31,85-86H,1-20H3. The van der Waals surface area contributed by atoms with Crippen LogP contribution in [0.25, 0.3) is 44.5 Å². The zero-order chi connectivity index (χ0) is 69.5. The fourth-order valence-electron chi connectivity index (χ4n) is 11.0. The topological polar surface area (TPSA) is 49.7 Å². The van der Waals surface area contributed by atoms with Gasteiger partial charge < -0.3 is 14.7 Å². The van der Waals surface area contributed by atoms with E-state index in [1.54, 1.807) is 83.1 Å². The van der Waals surface area contributed by atoms with E-state index in [-0.39, 0.29) is 0 Å². The lowest BCUT2D eigenvalue weighted by atomic mass is 9.76. The molecule has 0 heterocycles. The first-order valence-electron chi connectivity index (χ1n) is 29.1. The molecule has 7 aromatic carbocycles. The summed E-state index contributed by atoms with van der Waals surface area (Å²) in [5, 5.41) is 14.8. The van der Waals surface area contributed by atoms with Gasteiger partial charge in [-0.05, 0) is 65.2 Å². The zero-order valence-corrected chi connectivity index (χ0v) is 58.3. The number of hydrogen-bond acceptors (Lipinski definition) is 3. The lowest BCUT2D eigenvalue weighted by Gasteiger charge is -2.38. The van der Waals surface area contributed by atoms with E-state index in [9.17, 15) is 10.0 Å². The van der Waals surface area contributed by atoms with Gasteiger partial charge in [0, 0.05) is 20.7 Å². The van der Waals surface area contributed by atoms with Crippen molar-refractivity contribution in [2.75, 3.05) is 0 Å². The van der Waals surface area contributed by atoms with Crippen molar-refractivity contribution < 1.29 is 84.9 Å². The van der Waals surface area contributed by atoms with Gasteiger partial charge in [0.25, 0.3) is 0 Å². The number of halogens is 16. The highest BCUT2D eigenvalue weighted by molar-refractivity contribution is 6.93. The molecular formula is C67H73BF16O3Si4. The molecule has 3 nitrogen and oxygen atoms in total. The highest BCUT2D eigenvalue weighted by Gasteiger charge is 2.50. The Labute approximate surface area is 525 Å². The maximum atomic E-state index is 17.5. The van der Waals surface area contributed by atoms with Crippen molar-refractivity contribution in [2.24, 2.45) is 0 Å². The predicted molar refractivity (Wildman–Crippen MR) is 339 cm³/mol. The molecule has 0 aromatic heterocycles. The van der Waals surface area contributed by atoms with Gasteiger partial charge in [-0.25, -0.2) is 70.2 Å². The zero-order valence-electron chi connectivity index (χ0n) is 54.3. The van der Waals surface area contributed by atoms with E-state index in [0.717, 1.165) is 54.6 Å². The third-order valence-electron chi connectivity index (χ3n) is 20.5. The highest BCUT2D eigenvalue weighted by Crippen LogP contribution is 2.50. The van der Waals surface area contributed by atoms with Crippen LogP contribution < -0.4 is 20.7 Å². The van der Waals surface area contributed by atoms with Crippen molar-refractivity contribution in [2.45, 2.75) is 161 Å². The normalized spacial score (nSPS) is 13.4. The Hall–Kier alpha value is -5.77. The molecule has 2 N–H and O–H groups in total. The summed E-state index contributed by atoms with van der Waals surface area (Å²) in [4.78, 5) is 0. The Balaban J connectivity index is 1.67. The molecular weight excluding hydrogens is 1280 g/mol. The van der Waals surface area contributed by atoms with Crippen LogP contribution in [0.2, 0.25) is 72.5 Å². The summed E-state index contributed by atoms with van der Waals surface area (Å²) >= 11 is 0. The van der Waals surface area contributed by atoms with Crippen molar-refractivity contribution in [3.05, 3.63) is 176 Å². The maximum Gasteiger partial charge on any atom is 0.635 e. The summed E-state index contributed by atoms with van der Waals surface area (Å²) in [6.45, 7) is 30.9. The molecule has 0 aliphatic heterocycles. The average Bonchev–Trinajstić information content (AvgIpc) is 0.744. The molecule has 7 aromatic rings. The van der Waals surface area contributed by atoms with E-state index in [4.69, 9.17) is 4.65 Å². The Morgan fingerprint density at radius 3 is 0.714 bits per heavy atom. The molecule has 0 saturated heterocycles. The van der Waals surface area contributed by atoms with Gasteiger partial charge in [0.1, 0.15) is 5.60 Å². The van der Waals surface area contributed by atoms with Crippen LogP contribution in [0.3, 0.4) is 0 Å². The monoisotopic (exact) mass is 1350 g/mol. The second kappa shape index (κ2) is 23.9. The average molecular weight is 1350 g/mol. The molecule has 0 bridgehead atoms. The Morgan fingerprint density at radius 2 is 0.495 bits per heavy atom. The van der Waals surface area contributed by atoms with Gasteiger partial charge in [0.2, 0.25) is 0 Å². The van der Waals surface area contributed by atoms with E-state index in [0.29, 0.717) is 12.1 Å². The lowest BCUT2D eigenvalue weighted by Crippen LogP contribution is -2.53. The van der Waals surface area contributed by atoms with Crippen LogP contribution in [0.4, 0.5) is 70.2 Å². The summed E-state index contributed by atoms with van der Waals surface area (Å²) in [5.41, 5.74) is -14.2. The number of benzene rings is 7. The van der Waals surface area contributed by atoms with E-state index in [1.165, 1.54) is 52.4 Å². The lowest BCUT2D eigenvalue weighted by molar-refractivity contribution is 0.0816. The van der Waals surface area contributed by atoms with E-state index < -0.39 is 240 Å². The molecule has 0 amide bonds. The van der Waals surface area contributed by atoms with Gasteiger partial charge in [-0.2, -0.15) is 0 Å². The molecule has 0 radical (unpaired) electrons. The first kappa shape index (κ1) is 72.7. The summed E-state index contributed by atoms with van der Waals surface area (Å²) in [6.07, 6.45) is 0. The molecule has 0 fully saturated rings. The second-order valence-corrected chi connectivity index (χ2v) is 50.6. The smallest absolute Gasteiger partial charge is 0.402 e. The van der Waals surface area contributed by atoms with Gasteiger partial charge in [-0.1, -0.05) is 196 Å². The fourth-order valence-corrected chi connectivity index (χ4v) is 19.3. The molecule has 0 atom stereocenters. The van der Waals surface area contributed by atoms with Crippen LogP contribution in [0.15, 0.2) is 66.7 Å². The third kappa shape index (κ3) is 11.5. The van der Waals surface area contributed by atoms with E-state index in [1.807, 2.05) is 0 Å². The molecule has 0 aliphatic rings. The molecule has 0 aliphatic carbocycles. The molecule has 0 saturated carbocycles. The fraction of sp³-hybridized carbons (Fsp3) is 0.373. The minimum Gasteiger partial charge on any atom is -0.402 e. The van der Waals surface area contributed by atoms with Crippen LogP contribution >= 0.6 is 0 Å². The summed E-state index contributed by atoms with van der Waals surface area (Å²) in [6, 6.07) is 9.03. The largest absolute Gasteiger partial charge is 0.635 e. The SMILES string of the molecule is CC(C)(C)[Si](C)(C)c1c(F)c(F)c(-c2ccc(C(OB(O)O)(c3ccc(-c4c(F)c(F)c([Si](C)(C)C(C)(C)C)c(F)c4F)cc3)c3ccc(-c4c(F)c(F)c([Si](C)(C)C(C)(C)C)c(F)c4F)c(-c4c(F)c(F)c([Si](C)(C)C(C)(C)C)c(F)c4F)c3)cc2)c(F)c1F. The van der Waals surface area contributed by atoms with Crippen LogP contribution in [0, 0.1) is 93.1 Å². The van der Waals surface area contributed by atoms with Crippen LogP contribution in [0.1, 0.15) is 99.8 Å². The van der Waals surface area contributed by atoms with Gasteiger partial charge in [0.05, 0.1) is 54.5 Å². The van der Waals surface area contributed by atoms with Gasteiger partial charge in [0.15, 0.2) is 93.1 Å². The van der Waals surface area contributed by atoms with Crippen LogP contribution in [0.5, 0.6) is 0 Å². The van der Waals surface area contributed by atoms with E-state index in [2.05, 4.69) is 0 Å². The highest BCUT2D eigenvalue weighted by atomic mass is 28.3. The van der Waals surface area contributed by atoms with Crippen LogP contribution in [-0.4, -0.2) is 49.7 Å². The van der Waals surface area contributed by atoms with Crippen LogP contribution in [-0.2, 0) is 10.3 Å². The number of hydrogen-bond donors (Lipinski definition) is 2. The molecule has 0 unspecified atom stereocenters. The first-order chi connectivity index (χ1) is 41.2. The minimum atomic E-state index is -3.67. The Morgan fingerprint density at radius 1 is 0.286 bits per heavy atom. The third-order valence-corrected chi connectivity index (χ3v) is 42.2. The van der Waals surface area contributed by atoms with Gasteiger partial charge in [-0.15, -0.1) is 0 Å². The molecule has 0 spiro atoms.